The van der Waals surface area contributed by atoms with Crippen molar-refractivity contribution in [3.05, 3.63) is 22.7 Å². The van der Waals surface area contributed by atoms with Crippen LogP contribution in [-0.2, 0) is 0 Å². The Morgan fingerprint density at radius 2 is 2.20 bits per heavy atom. The minimum absolute atomic E-state index is 0.124. The first-order chi connectivity index (χ1) is 7.22. The van der Waals surface area contributed by atoms with Gasteiger partial charge in [-0.3, -0.25) is 0 Å². The first kappa shape index (κ1) is 11.2. The molecule has 0 amide bonds. The maximum atomic E-state index is 8.74. The second-order valence-corrected chi connectivity index (χ2v) is 2.99. The summed E-state index contributed by atoms with van der Waals surface area (Å²) in [5.74, 6) is 3.20. The van der Waals surface area contributed by atoms with Gasteiger partial charge in [-0.05, 0) is 0 Å². The molecular formula is C11H8ClNO2. The van der Waals surface area contributed by atoms with E-state index in [-0.39, 0.29) is 6.61 Å². The van der Waals surface area contributed by atoms with E-state index in [1.54, 1.807) is 0 Å². The molecule has 0 fully saturated rings. The second-order valence-electron chi connectivity index (χ2n) is 2.59. The van der Waals surface area contributed by atoms with Gasteiger partial charge in [0.05, 0.1) is 17.7 Å². The van der Waals surface area contributed by atoms with Gasteiger partial charge in [0.15, 0.2) is 11.5 Å². The number of rotatable bonds is 3. The zero-order valence-corrected chi connectivity index (χ0v) is 8.84. The van der Waals surface area contributed by atoms with Gasteiger partial charge in [0.25, 0.3) is 0 Å². The molecule has 1 rings (SSSR count). The molecule has 1 aromatic carbocycles. The molecule has 76 valence electrons. The van der Waals surface area contributed by atoms with E-state index < -0.39 is 0 Å². The third kappa shape index (κ3) is 2.56. The number of terminal acetylenes is 1. The van der Waals surface area contributed by atoms with Crippen LogP contribution in [0.3, 0.4) is 0 Å². The van der Waals surface area contributed by atoms with E-state index in [9.17, 15) is 0 Å². The Bertz CT molecular complexity index is 443. The fourth-order valence-corrected chi connectivity index (χ4v) is 1.21. The number of ether oxygens (including phenoxy) is 2. The van der Waals surface area contributed by atoms with E-state index in [4.69, 9.17) is 32.8 Å². The Hall–Kier alpha value is -1.84. The summed E-state index contributed by atoms with van der Waals surface area (Å²) >= 11 is 5.83. The Kier molecular flexibility index (Phi) is 3.85. The Labute approximate surface area is 93.2 Å². The zero-order chi connectivity index (χ0) is 11.3. The van der Waals surface area contributed by atoms with Gasteiger partial charge in [-0.25, -0.2) is 0 Å². The standard InChI is InChI=1S/C11H8ClNO2/c1-3-4-15-11-6-9(12)8(7-13)5-10(11)14-2/h1,5-6H,4H2,2H3. The number of benzene rings is 1. The highest BCUT2D eigenvalue weighted by Gasteiger charge is 2.09. The van der Waals surface area contributed by atoms with Gasteiger partial charge in [0, 0.05) is 12.1 Å². The van der Waals surface area contributed by atoms with Crippen LogP contribution in [0.1, 0.15) is 5.56 Å². The van der Waals surface area contributed by atoms with Gasteiger partial charge in [-0.1, -0.05) is 17.5 Å². The lowest BCUT2D eigenvalue weighted by atomic mass is 10.2. The number of halogens is 1. The smallest absolute Gasteiger partial charge is 0.164 e. The molecule has 0 spiro atoms. The summed E-state index contributed by atoms with van der Waals surface area (Å²) in [5, 5.41) is 9.05. The summed E-state index contributed by atoms with van der Waals surface area (Å²) in [4.78, 5) is 0. The Morgan fingerprint density at radius 1 is 1.47 bits per heavy atom. The van der Waals surface area contributed by atoms with Crippen LogP contribution in [0.2, 0.25) is 5.02 Å². The lowest BCUT2D eigenvalue weighted by Crippen LogP contribution is -1.97. The minimum Gasteiger partial charge on any atom is -0.493 e. The van der Waals surface area contributed by atoms with Crippen molar-refractivity contribution in [2.75, 3.05) is 13.7 Å². The van der Waals surface area contributed by atoms with Crippen LogP contribution in [0.15, 0.2) is 12.1 Å². The molecule has 0 saturated carbocycles. The minimum atomic E-state index is 0.124. The molecule has 0 aromatic heterocycles. The van der Waals surface area contributed by atoms with Crippen LogP contribution >= 0.6 is 11.6 Å². The van der Waals surface area contributed by atoms with Crippen molar-refractivity contribution in [1.29, 1.82) is 5.26 Å². The summed E-state index contributed by atoms with van der Waals surface area (Å²) in [7, 11) is 1.48. The van der Waals surface area contributed by atoms with E-state index in [0.717, 1.165) is 0 Å². The molecule has 0 atom stereocenters. The summed E-state index contributed by atoms with van der Waals surface area (Å²) in [6, 6.07) is 4.96. The van der Waals surface area contributed by atoms with E-state index >= 15 is 0 Å². The van der Waals surface area contributed by atoms with Gasteiger partial charge in [0.1, 0.15) is 12.7 Å². The molecule has 0 aliphatic rings. The fraction of sp³-hybridized carbons (Fsp3) is 0.182. The number of nitriles is 1. The van der Waals surface area contributed by atoms with Gasteiger partial charge in [0.2, 0.25) is 0 Å². The first-order valence-corrected chi connectivity index (χ1v) is 4.44. The topological polar surface area (TPSA) is 42.2 Å². The van der Waals surface area contributed by atoms with E-state index in [1.165, 1.54) is 19.2 Å². The predicted octanol–water partition coefficient (Wildman–Crippen LogP) is 2.23. The SMILES string of the molecule is C#CCOc1cc(Cl)c(C#N)cc1OC. The number of hydrogen-bond acceptors (Lipinski definition) is 3. The quantitative estimate of drug-likeness (QED) is 0.735. The molecule has 15 heavy (non-hydrogen) atoms. The normalized spacial score (nSPS) is 8.80. The van der Waals surface area contributed by atoms with Gasteiger partial charge in [-0.15, -0.1) is 6.42 Å². The summed E-state index contributed by atoms with van der Waals surface area (Å²) in [6.45, 7) is 0.124. The average molecular weight is 222 g/mol. The first-order valence-electron chi connectivity index (χ1n) is 4.06. The van der Waals surface area contributed by atoms with Crippen molar-refractivity contribution in [2.45, 2.75) is 0 Å². The highest BCUT2D eigenvalue weighted by molar-refractivity contribution is 6.31. The maximum absolute atomic E-state index is 8.74. The highest BCUT2D eigenvalue weighted by Crippen LogP contribution is 2.32. The largest absolute Gasteiger partial charge is 0.493 e. The average Bonchev–Trinajstić information content (AvgIpc) is 2.26. The van der Waals surface area contributed by atoms with Crippen molar-refractivity contribution in [3.8, 4) is 29.9 Å². The van der Waals surface area contributed by atoms with Crippen LogP contribution in [-0.4, -0.2) is 13.7 Å². The maximum Gasteiger partial charge on any atom is 0.164 e. The molecule has 4 heteroatoms. The molecule has 0 N–H and O–H groups in total. The van der Waals surface area contributed by atoms with Crippen LogP contribution in [0.5, 0.6) is 11.5 Å². The third-order valence-corrected chi connectivity index (χ3v) is 2.00. The Balaban J connectivity index is 3.12. The van der Waals surface area contributed by atoms with Crippen molar-refractivity contribution in [1.82, 2.24) is 0 Å². The van der Waals surface area contributed by atoms with Crippen molar-refractivity contribution >= 4 is 11.6 Å². The molecule has 3 nitrogen and oxygen atoms in total. The van der Waals surface area contributed by atoms with Gasteiger partial charge < -0.3 is 9.47 Å². The summed E-state index contributed by atoms with van der Waals surface area (Å²) in [5.41, 5.74) is 0.335. The molecule has 0 saturated heterocycles. The molecule has 1 aromatic rings. The van der Waals surface area contributed by atoms with E-state index in [1.807, 2.05) is 6.07 Å². The predicted molar refractivity (Wildman–Crippen MR) is 57.0 cm³/mol. The van der Waals surface area contributed by atoms with Crippen LogP contribution in [0.25, 0.3) is 0 Å². The van der Waals surface area contributed by atoms with Gasteiger partial charge in [-0.2, -0.15) is 5.26 Å². The molecule has 0 bridgehead atoms. The van der Waals surface area contributed by atoms with E-state index in [0.29, 0.717) is 22.1 Å². The fourth-order valence-electron chi connectivity index (χ4n) is 1.01. The molecule has 0 aliphatic heterocycles. The van der Waals surface area contributed by atoms with Crippen LogP contribution < -0.4 is 9.47 Å². The summed E-state index contributed by atoms with van der Waals surface area (Å²) in [6.07, 6.45) is 5.06. The number of nitrogens with zero attached hydrogens (tertiary/aromatic N) is 1. The van der Waals surface area contributed by atoms with Crippen LogP contribution in [0.4, 0.5) is 0 Å². The molecule has 0 unspecified atom stereocenters. The van der Waals surface area contributed by atoms with E-state index in [2.05, 4.69) is 5.92 Å². The Morgan fingerprint density at radius 3 is 2.73 bits per heavy atom. The highest BCUT2D eigenvalue weighted by atomic mass is 35.5. The van der Waals surface area contributed by atoms with Crippen molar-refractivity contribution < 1.29 is 9.47 Å². The van der Waals surface area contributed by atoms with Gasteiger partial charge >= 0.3 is 0 Å². The number of methoxy groups -OCH3 is 1. The van der Waals surface area contributed by atoms with Crippen LogP contribution in [0, 0.1) is 23.7 Å². The molecular weight excluding hydrogens is 214 g/mol. The zero-order valence-electron chi connectivity index (χ0n) is 8.08. The lowest BCUT2D eigenvalue weighted by molar-refractivity contribution is 0.331. The van der Waals surface area contributed by atoms with Crippen molar-refractivity contribution in [2.24, 2.45) is 0 Å². The molecule has 0 radical (unpaired) electrons. The van der Waals surface area contributed by atoms with Crippen molar-refractivity contribution in [3.63, 3.8) is 0 Å². The molecule has 0 heterocycles. The lowest BCUT2D eigenvalue weighted by Gasteiger charge is -2.09. The monoisotopic (exact) mass is 221 g/mol. The molecule has 0 aliphatic carbocycles. The number of hydrogen-bond donors (Lipinski definition) is 0. The third-order valence-electron chi connectivity index (χ3n) is 1.68. The second kappa shape index (κ2) is 5.14. The summed E-state index contributed by atoms with van der Waals surface area (Å²) < 4.78 is 10.2.